The number of hydrogen-bond acceptors (Lipinski definition) is 4. The minimum atomic E-state index is -3.50. The van der Waals surface area contributed by atoms with E-state index in [1.807, 2.05) is 26.0 Å². The molecule has 2 aromatic rings. The molecule has 0 unspecified atom stereocenters. The van der Waals surface area contributed by atoms with Crippen LogP contribution in [0.5, 0.6) is 0 Å². The summed E-state index contributed by atoms with van der Waals surface area (Å²) in [6.45, 7) is 3.79. The Morgan fingerprint density at radius 1 is 1.04 bits per heavy atom. The summed E-state index contributed by atoms with van der Waals surface area (Å²) < 4.78 is 25.2. The number of rotatable bonds is 5. The van der Waals surface area contributed by atoms with E-state index in [1.165, 1.54) is 38.4 Å². The fraction of sp³-hybridized carbons (Fsp3) is 0.294. The molecule has 1 heterocycles. The van der Waals surface area contributed by atoms with Crippen molar-refractivity contribution in [2.75, 3.05) is 14.1 Å². The second-order valence-electron chi connectivity index (χ2n) is 6.13. The summed E-state index contributed by atoms with van der Waals surface area (Å²) in [5.41, 5.74) is 0.751. The van der Waals surface area contributed by atoms with E-state index in [2.05, 4.69) is 10.3 Å². The molecule has 0 spiro atoms. The molecule has 0 saturated heterocycles. The third kappa shape index (κ3) is 3.80. The lowest BCUT2D eigenvalue weighted by Crippen LogP contribution is -2.41. The highest BCUT2D eigenvalue weighted by Gasteiger charge is 2.24. The van der Waals surface area contributed by atoms with Crippen molar-refractivity contribution in [2.24, 2.45) is 0 Å². The summed E-state index contributed by atoms with van der Waals surface area (Å²) in [5, 5.41) is 2.94. The predicted octanol–water partition coefficient (Wildman–Crippen LogP) is 2.00. The molecular formula is C17H21N3O3S. The Bertz CT molecular complexity index is 814. The summed E-state index contributed by atoms with van der Waals surface area (Å²) in [6.07, 6.45) is 3.34. The molecule has 128 valence electrons. The van der Waals surface area contributed by atoms with Crippen LogP contribution in [0.3, 0.4) is 0 Å². The third-order valence-electron chi connectivity index (χ3n) is 3.72. The summed E-state index contributed by atoms with van der Waals surface area (Å²) in [7, 11) is -0.572. The van der Waals surface area contributed by atoms with Gasteiger partial charge < -0.3 is 5.32 Å². The van der Waals surface area contributed by atoms with E-state index in [0.29, 0.717) is 5.56 Å². The standard InChI is InChI=1S/C17H21N3O3S/c1-17(2,14-9-11-18-12-10-14)19-16(21)13-5-7-15(8-6-13)24(22,23)20(3)4/h5-12H,1-4H3,(H,19,21). The molecule has 7 heteroatoms. The number of nitrogens with one attached hydrogen (secondary N) is 1. The lowest BCUT2D eigenvalue weighted by Gasteiger charge is -2.26. The fourth-order valence-corrected chi connectivity index (χ4v) is 3.09. The van der Waals surface area contributed by atoms with Gasteiger partial charge in [0.05, 0.1) is 10.4 Å². The van der Waals surface area contributed by atoms with Crippen LogP contribution in [0.2, 0.25) is 0 Å². The van der Waals surface area contributed by atoms with Gasteiger partial charge in [0.25, 0.3) is 5.91 Å². The monoisotopic (exact) mass is 347 g/mol. The summed E-state index contributed by atoms with van der Waals surface area (Å²) >= 11 is 0. The zero-order chi connectivity index (χ0) is 18.0. The zero-order valence-electron chi connectivity index (χ0n) is 14.1. The summed E-state index contributed by atoms with van der Waals surface area (Å²) in [4.78, 5) is 16.6. The molecule has 0 aliphatic carbocycles. The number of carbonyl (C=O) groups is 1. The lowest BCUT2D eigenvalue weighted by atomic mass is 9.95. The van der Waals surface area contributed by atoms with Crippen LogP contribution in [-0.2, 0) is 15.6 Å². The smallest absolute Gasteiger partial charge is 0.251 e. The van der Waals surface area contributed by atoms with Crippen LogP contribution in [0, 0.1) is 0 Å². The van der Waals surface area contributed by atoms with E-state index in [1.54, 1.807) is 12.4 Å². The fourth-order valence-electron chi connectivity index (χ4n) is 2.19. The number of amides is 1. The van der Waals surface area contributed by atoms with Gasteiger partial charge in [0, 0.05) is 32.1 Å². The molecule has 1 amide bonds. The summed E-state index contributed by atoms with van der Waals surface area (Å²) in [6, 6.07) is 9.57. The molecule has 1 aromatic heterocycles. The number of aromatic nitrogens is 1. The second-order valence-corrected chi connectivity index (χ2v) is 8.28. The maximum absolute atomic E-state index is 12.4. The SMILES string of the molecule is CN(C)S(=O)(=O)c1ccc(C(=O)NC(C)(C)c2ccncc2)cc1. The highest BCUT2D eigenvalue weighted by atomic mass is 32.2. The van der Waals surface area contributed by atoms with Crippen molar-refractivity contribution in [2.45, 2.75) is 24.3 Å². The van der Waals surface area contributed by atoms with E-state index in [9.17, 15) is 13.2 Å². The molecule has 0 aliphatic rings. The number of sulfonamides is 1. The van der Waals surface area contributed by atoms with Gasteiger partial charge in [-0.15, -0.1) is 0 Å². The van der Waals surface area contributed by atoms with Crippen molar-refractivity contribution >= 4 is 15.9 Å². The van der Waals surface area contributed by atoms with Gasteiger partial charge in [-0.05, 0) is 55.8 Å². The Balaban J connectivity index is 2.19. The van der Waals surface area contributed by atoms with Gasteiger partial charge in [-0.25, -0.2) is 12.7 Å². The van der Waals surface area contributed by atoms with Crippen molar-refractivity contribution in [1.29, 1.82) is 0 Å². The molecule has 0 fully saturated rings. The van der Waals surface area contributed by atoms with Crippen molar-refractivity contribution in [3.05, 3.63) is 59.9 Å². The minimum Gasteiger partial charge on any atom is -0.343 e. The number of pyridine rings is 1. The lowest BCUT2D eigenvalue weighted by molar-refractivity contribution is 0.0912. The molecule has 0 bridgehead atoms. The van der Waals surface area contributed by atoms with Crippen LogP contribution in [0.1, 0.15) is 29.8 Å². The van der Waals surface area contributed by atoms with Crippen molar-refractivity contribution in [3.63, 3.8) is 0 Å². The zero-order valence-corrected chi connectivity index (χ0v) is 15.0. The van der Waals surface area contributed by atoms with Gasteiger partial charge in [0.15, 0.2) is 0 Å². The van der Waals surface area contributed by atoms with E-state index in [-0.39, 0.29) is 10.8 Å². The summed E-state index contributed by atoms with van der Waals surface area (Å²) in [5.74, 6) is -0.273. The number of benzene rings is 1. The van der Waals surface area contributed by atoms with Gasteiger partial charge in [-0.3, -0.25) is 9.78 Å². The first-order valence-electron chi connectivity index (χ1n) is 7.40. The number of carbonyl (C=O) groups excluding carboxylic acids is 1. The third-order valence-corrected chi connectivity index (χ3v) is 5.55. The Labute approximate surface area is 142 Å². The number of hydrogen-bond donors (Lipinski definition) is 1. The van der Waals surface area contributed by atoms with Gasteiger partial charge >= 0.3 is 0 Å². The Morgan fingerprint density at radius 2 is 1.58 bits per heavy atom. The highest BCUT2D eigenvalue weighted by molar-refractivity contribution is 7.89. The second kappa shape index (κ2) is 6.70. The minimum absolute atomic E-state index is 0.150. The molecule has 2 rings (SSSR count). The van der Waals surface area contributed by atoms with Gasteiger partial charge in [-0.2, -0.15) is 0 Å². The van der Waals surface area contributed by atoms with Crippen molar-refractivity contribution < 1.29 is 13.2 Å². The molecule has 24 heavy (non-hydrogen) atoms. The van der Waals surface area contributed by atoms with Crippen LogP contribution in [-0.4, -0.2) is 37.7 Å². The van der Waals surface area contributed by atoms with Gasteiger partial charge in [0.1, 0.15) is 0 Å². The highest BCUT2D eigenvalue weighted by Crippen LogP contribution is 2.20. The molecule has 0 saturated carbocycles. The average Bonchev–Trinajstić information content (AvgIpc) is 2.55. The van der Waals surface area contributed by atoms with Crippen LogP contribution in [0.15, 0.2) is 53.7 Å². The van der Waals surface area contributed by atoms with Crippen molar-refractivity contribution in [3.8, 4) is 0 Å². The maximum atomic E-state index is 12.4. The topological polar surface area (TPSA) is 79.4 Å². The quantitative estimate of drug-likeness (QED) is 0.897. The predicted molar refractivity (Wildman–Crippen MR) is 92.0 cm³/mol. The van der Waals surface area contributed by atoms with Crippen LogP contribution >= 0.6 is 0 Å². The van der Waals surface area contributed by atoms with Crippen LogP contribution < -0.4 is 5.32 Å². The Hall–Kier alpha value is -2.25. The van der Waals surface area contributed by atoms with Crippen LogP contribution in [0.25, 0.3) is 0 Å². The van der Waals surface area contributed by atoms with E-state index >= 15 is 0 Å². The molecule has 0 radical (unpaired) electrons. The molecular weight excluding hydrogens is 326 g/mol. The van der Waals surface area contributed by atoms with Gasteiger partial charge in [-0.1, -0.05) is 0 Å². The first-order chi connectivity index (χ1) is 11.1. The largest absolute Gasteiger partial charge is 0.343 e. The molecule has 6 nitrogen and oxygen atoms in total. The van der Waals surface area contributed by atoms with Gasteiger partial charge in [0.2, 0.25) is 10.0 Å². The normalized spacial score (nSPS) is 12.2. The Kier molecular flexibility index (Phi) is 5.05. The maximum Gasteiger partial charge on any atom is 0.251 e. The Morgan fingerprint density at radius 3 is 2.08 bits per heavy atom. The van der Waals surface area contributed by atoms with E-state index < -0.39 is 15.6 Å². The molecule has 1 aromatic carbocycles. The first-order valence-corrected chi connectivity index (χ1v) is 8.84. The van der Waals surface area contributed by atoms with E-state index in [0.717, 1.165) is 9.87 Å². The van der Waals surface area contributed by atoms with Crippen molar-refractivity contribution in [1.82, 2.24) is 14.6 Å². The molecule has 0 aliphatic heterocycles. The molecule has 0 atom stereocenters. The van der Waals surface area contributed by atoms with Crippen LogP contribution in [0.4, 0.5) is 0 Å². The molecule has 1 N–H and O–H groups in total. The van der Waals surface area contributed by atoms with E-state index in [4.69, 9.17) is 0 Å². The average molecular weight is 347 g/mol. The number of nitrogens with zero attached hydrogens (tertiary/aromatic N) is 2. The first kappa shape index (κ1) is 18.1.